The lowest BCUT2D eigenvalue weighted by Gasteiger charge is -2.30. The molecule has 0 aliphatic carbocycles. The van der Waals surface area contributed by atoms with Crippen LogP contribution in [0.2, 0.25) is 0 Å². The average molecular weight is 361 g/mol. The number of hydrogen-bond acceptors (Lipinski definition) is 6. The smallest absolute Gasteiger partial charge is 0.410 e. The first-order valence-electron chi connectivity index (χ1n) is 8.41. The standard InChI is InChI=1S/C17H23N5O4/c1-10-8-13(20-26-10)18-15(23)14-11-9-22(16(24)25-17(2,3)4)7-6-12(11)21(5)19-14/h8H,6-7,9H2,1-5H3,(H,18,20,23). The molecule has 0 fully saturated rings. The number of aryl methyl sites for hydroxylation is 2. The van der Waals surface area contributed by atoms with Crippen molar-refractivity contribution in [3.8, 4) is 0 Å². The molecule has 9 heteroatoms. The van der Waals surface area contributed by atoms with Gasteiger partial charge in [-0.3, -0.25) is 9.48 Å². The zero-order chi connectivity index (χ0) is 19.1. The Morgan fingerprint density at radius 3 is 2.69 bits per heavy atom. The van der Waals surface area contributed by atoms with Crippen LogP contribution in [-0.4, -0.2) is 44.0 Å². The van der Waals surface area contributed by atoms with Crippen LogP contribution in [0.15, 0.2) is 10.6 Å². The summed E-state index contributed by atoms with van der Waals surface area (Å²) in [5.41, 5.74) is 1.36. The third-order valence-corrected chi connectivity index (χ3v) is 3.98. The number of amides is 2. The molecule has 0 atom stereocenters. The molecule has 1 N–H and O–H groups in total. The second-order valence-corrected chi connectivity index (χ2v) is 7.33. The summed E-state index contributed by atoms with van der Waals surface area (Å²) in [6.07, 6.45) is 0.208. The number of carbonyl (C=O) groups excluding carboxylic acids is 2. The largest absolute Gasteiger partial charge is 0.444 e. The SMILES string of the molecule is Cc1cc(NC(=O)c2nn(C)c3c2CN(C(=O)OC(C)(C)C)CC3)no1. The van der Waals surface area contributed by atoms with E-state index in [0.717, 1.165) is 11.3 Å². The molecule has 0 spiro atoms. The van der Waals surface area contributed by atoms with Gasteiger partial charge in [-0.05, 0) is 27.7 Å². The third-order valence-electron chi connectivity index (χ3n) is 3.98. The van der Waals surface area contributed by atoms with Crippen LogP contribution in [0.25, 0.3) is 0 Å². The Hall–Kier alpha value is -2.84. The van der Waals surface area contributed by atoms with Crippen molar-refractivity contribution in [2.24, 2.45) is 7.05 Å². The minimum absolute atomic E-state index is 0.274. The number of anilines is 1. The topological polar surface area (TPSA) is 102 Å². The van der Waals surface area contributed by atoms with Gasteiger partial charge in [0.1, 0.15) is 11.4 Å². The Morgan fingerprint density at radius 2 is 2.08 bits per heavy atom. The van der Waals surface area contributed by atoms with Gasteiger partial charge in [0, 0.05) is 37.3 Å². The molecule has 3 heterocycles. The fourth-order valence-corrected chi connectivity index (χ4v) is 2.86. The van der Waals surface area contributed by atoms with Crippen LogP contribution in [-0.2, 0) is 24.8 Å². The van der Waals surface area contributed by atoms with Gasteiger partial charge in [0.05, 0.1) is 6.54 Å². The minimum atomic E-state index is -0.572. The molecule has 9 nitrogen and oxygen atoms in total. The van der Waals surface area contributed by atoms with Gasteiger partial charge in [-0.2, -0.15) is 5.10 Å². The van der Waals surface area contributed by atoms with E-state index in [4.69, 9.17) is 9.26 Å². The van der Waals surface area contributed by atoms with Crippen LogP contribution in [0.4, 0.5) is 10.6 Å². The molecule has 0 radical (unpaired) electrons. The molecular formula is C17H23N5O4. The van der Waals surface area contributed by atoms with Crippen molar-refractivity contribution in [3.63, 3.8) is 0 Å². The van der Waals surface area contributed by atoms with Gasteiger partial charge in [0.15, 0.2) is 11.5 Å². The Kier molecular flexibility index (Phi) is 4.47. The summed E-state index contributed by atoms with van der Waals surface area (Å²) in [6, 6.07) is 1.63. The summed E-state index contributed by atoms with van der Waals surface area (Å²) in [4.78, 5) is 26.6. The fraction of sp³-hybridized carbons (Fsp3) is 0.529. The van der Waals surface area contributed by atoms with Crippen molar-refractivity contribution >= 4 is 17.8 Å². The Labute approximate surface area is 151 Å². The first-order chi connectivity index (χ1) is 12.1. The van der Waals surface area contributed by atoms with Gasteiger partial charge < -0.3 is 19.5 Å². The second-order valence-electron chi connectivity index (χ2n) is 7.33. The normalized spacial score (nSPS) is 14.1. The number of hydrogen-bond donors (Lipinski definition) is 1. The van der Waals surface area contributed by atoms with E-state index in [9.17, 15) is 9.59 Å². The number of carbonyl (C=O) groups is 2. The highest BCUT2D eigenvalue weighted by Gasteiger charge is 2.31. The Balaban J connectivity index is 1.80. The maximum absolute atomic E-state index is 12.6. The summed E-state index contributed by atoms with van der Waals surface area (Å²) in [5, 5.41) is 10.8. The van der Waals surface area contributed by atoms with Crippen LogP contribution in [0, 0.1) is 6.92 Å². The van der Waals surface area contributed by atoms with E-state index >= 15 is 0 Å². The molecule has 3 rings (SSSR count). The van der Waals surface area contributed by atoms with Crippen LogP contribution in [0.5, 0.6) is 0 Å². The maximum atomic E-state index is 12.6. The van der Waals surface area contributed by atoms with E-state index in [1.54, 1.807) is 29.6 Å². The molecule has 2 aromatic rings. The van der Waals surface area contributed by atoms with Gasteiger partial charge in [0.25, 0.3) is 5.91 Å². The molecule has 0 bridgehead atoms. The predicted octanol–water partition coefficient (Wildman–Crippen LogP) is 2.26. The van der Waals surface area contributed by atoms with E-state index in [2.05, 4.69) is 15.6 Å². The van der Waals surface area contributed by atoms with Crippen molar-refractivity contribution < 1.29 is 18.8 Å². The highest BCUT2D eigenvalue weighted by atomic mass is 16.6. The molecule has 26 heavy (non-hydrogen) atoms. The molecule has 1 aliphatic rings. The zero-order valence-corrected chi connectivity index (χ0v) is 15.6. The lowest BCUT2D eigenvalue weighted by molar-refractivity contribution is 0.0222. The van der Waals surface area contributed by atoms with E-state index < -0.39 is 11.7 Å². The van der Waals surface area contributed by atoms with Crippen LogP contribution >= 0.6 is 0 Å². The molecule has 0 saturated carbocycles. The number of fused-ring (bicyclic) bond motifs is 1. The molecule has 0 aromatic carbocycles. The monoisotopic (exact) mass is 361 g/mol. The number of rotatable bonds is 2. The van der Waals surface area contributed by atoms with Crippen molar-refractivity contribution in [2.75, 3.05) is 11.9 Å². The summed E-state index contributed by atoms with van der Waals surface area (Å²) < 4.78 is 12.1. The maximum Gasteiger partial charge on any atom is 0.410 e. The molecule has 2 amide bonds. The highest BCUT2D eigenvalue weighted by Crippen LogP contribution is 2.24. The molecule has 2 aromatic heterocycles. The van der Waals surface area contributed by atoms with E-state index in [1.807, 2.05) is 20.8 Å². The summed E-state index contributed by atoms with van der Waals surface area (Å²) >= 11 is 0. The first-order valence-corrected chi connectivity index (χ1v) is 8.41. The second kappa shape index (κ2) is 6.47. The number of aromatic nitrogens is 3. The number of ether oxygens (including phenoxy) is 1. The predicted molar refractivity (Wildman–Crippen MR) is 92.7 cm³/mol. The third kappa shape index (κ3) is 3.71. The van der Waals surface area contributed by atoms with Crippen LogP contribution < -0.4 is 5.32 Å². The van der Waals surface area contributed by atoms with Gasteiger partial charge in [-0.15, -0.1) is 0 Å². The highest BCUT2D eigenvalue weighted by molar-refractivity contribution is 6.03. The van der Waals surface area contributed by atoms with E-state index in [0.29, 0.717) is 24.5 Å². The minimum Gasteiger partial charge on any atom is -0.444 e. The average Bonchev–Trinajstić information content (AvgIpc) is 3.09. The molecule has 1 aliphatic heterocycles. The van der Waals surface area contributed by atoms with Crippen LogP contribution in [0.3, 0.4) is 0 Å². The van der Waals surface area contributed by atoms with Gasteiger partial charge >= 0.3 is 6.09 Å². The van der Waals surface area contributed by atoms with Gasteiger partial charge in [-0.25, -0.2) is 4.79 Å². The van der Waals surface area contributed by atoms with Crippen molar-refractivity contribution in [3.05, 3.63) is 28.8 Å². The van der Waals surface area contributed by atoms with Crippen LogP contribution in [0.1, 0.15) is 48.3 Å². The van der Waals surface area contributed by atoms with Crippen molar-refractivity contribution in [1.82, 2.24) is 19.8 Å². The van der Waals surface area contributed by atoms with Crippen molar-refractivity contribution in [1.29, 1.82) is 0 Å². The van der Waals surface area contributed by atoms with Crippen molar-refractivity contribution in [2.45, 2.75) is 46.3 Å². The Morgan fingerprint density at radius 1 is 1.35 bits per heavy atom. The molecular weight excluding hydrogens is 338 g/mol. The van der Waals surface area contributed by atoms with Gasteiger partial charge in [0.2, 0.25) is 0 Å². The number of nitrogens with one attached hydrogen (secondary N) is 1. The molecule has 0 unspecified atom stereocenters. The lowest BCUT2D eigenvalue weighted by atomic mass is 10.1. The quantitative estimate of drug-likeness (QED) is 0.880. The van der Waals surface area contributed by atoms with E-state index in [1.165, 1.54) is 0 Å². The summed E-state index contributed by atoms with van der Waals surface area (Å²) in [7, 11) is 1.79. The molecule has 140 valence electrons. The number of nitrogens with zero attached hydrogens (tertiary/aromatic N) is 4. The summed E-state index contributed by atoms with van der Waals surface area (Å²) in [5.74, 6) is 0.535. The zero-order valence-electron chi connectivity index (χ0n) is 15.6. The van der Waals surface area contributed by atoms with Gasteiger partial charge in [-0.1, -0.05) is 5.16 Å². The molecule has 0 saturated heterocycles. The lowest BCUT2D eigenvalue weighted by Crippen LogP contribution is -2.40. The van der Waals surface area contributed by atoms with E-state index in [-0.39, 0.29) is 18.1 Å². The fourth-order valence-electron chi connectivity index (χ4n) is 2.86. The Bertz CT molecular complexity index is 846. The first kappa shape index (κ1) is 18.0. The summed E-state index contributed by atoms with van der Waals surface area (Å²) in [6.45, 7) is 8.00.